The van der Waals surface area contributed by atoms with E-state index in [2.05, 4.69) is 0 Å². The number of halogens is 1. The van der Waals surface area contributed by atoms with Crippen LogP contribution in [0.1, 0.15) is 63.4 Å². The highest BCUT2D eigenvalue weighted by Gasteiger charge is 2.52. The van der Waals surface area contributed by atoms with Crippen LogP contribution in [0.4, 0.5) is 0 Å². The number of hydrogen-bond acceptors (Lipinski definition) is 5. The summed E-state index contributed by atoms with van der Waals surface area (Å²) in [5.41, 5.74) is 1.06. The van der Waals surface area contributed by atoms with Crippen molar-refractivity contribution in [2.45, 2.75) is 77.7 Å². The van der Waals surface area contributed by atoms with E-state index >= 15 is 0 Å². The van der Waals surface area contributed by atoms with Gasteiger partial charge in [0.2, 0.25) is 0 Å². The van der Waals surface area contributed by atoms with Crippen molar-refractivity contribution in [3.8, 4) is 5.75 Å². The molecular weight excluding hydrogens is 405 g/mol. The fourth-order valence-electron chi connectivity index (χ4n) is 4.18. The minimum atomic E-state index is -0.599. The summed E-state index contributed by atoms with van der Waals surface area (Å²) in [6.07, 6.45) is 2.07. The summed E-state index contributed by atoms with van der Waals surface area (Å²) < 4.78 is 24.3. The summed E-state index contributed by atoms with van der Waals surface area (Å²) in [5, 5.41) is 0.441. The van der Waals surface area contributed by atoms with Crippen LogP contribution < -0.4 is 10.2 Å². The lowest BCUT2D eigenvalue weighted by Gasteiger charge is -2.32. The Labute approximate surface area is 184 Å². The van der Waals surface area contributed by atoms with Gasteiger partial charge in [-0.15, -0.1) is 0 Å². The number of carbonyl (C=O) groups is 1. The van der Waals surface area contributed by atoms with Crippen molar-refractivity contribution in [3.05, 3.63) is 22.2 Å². The van der Waals surface area contributed by atoms with Crippen molar-refractivity contribution in [1.29, 1.82) is 0 Å². The Morgan fingerprint density at radius 1 is 1.23 bits per heavy atom. The van der Waals surface area contributed by atoms with Gasteiger partial charge in [0.15, 0.2) is 5.75 Å². The van der Waals surface area contributed by atoms with Crippen molar-refractivity contribution in [1.82, 2.24) is 4.90 Å². The molecule has 6 nitrogen and oxygen atoms in total. The van der Waals surface area contributed by atoms with Gasteiger partial charge >= 0.3 is 7.12 Å². The number of ether oxygens (including phenoxy) is 2. The molecular formula is C22H31BClNO5. The molecule has 0 N–H and O–H groups in total. The van der Waals surface area contributed by atoms with Gasteiger partial charge in [-0.25, -0.2) is 0 Å². The van der Waals surface area contributed by atoms with Gasteiger partial charge in [-0.3, -0.25) is 4.79 Å². The molecule has 164 valence electrons. The van der Waals surface area contributed by atoms with E-state index in [-0.39, 0.29) is 18.1 Å². The normalized spacial score (nSPS) is 27.8. The molecule has 3 aliphatic heterocycles. The third-order valence-electron chi connectivity index (χ3n) is 6.93. The van der Waals surface area contributed by atoms with Crippen LogP contribution in [0.25, 0.3) is 0 Å². The molecule has 1 aromatic rings. The Kier molecular flexibility index (Phi) is 5.63. The van der Waals surface area contributed by atoms with Gasteiger partial charge in [-0.2, -0.15) is 0 Å². The monoisotopic (exact) mass is 435 g/mol. The second-order valence-corrected chi connectivity index (χ2v) is 10.0. The molecule has 1 amide bonds. The zero-order valence-corrected chi connectivity index (χ0v) is 19.5. The molecule has 3 aliphatic rings. The van der Waals surface area contributed by atoms with Crippen molar-refractivity contribution in [3.63, 3.8) is 0 Å². The molecule has 30 heavy (non-hydrogen) atoms. The van der Waals surface area contributed by atoms with Crippen LogP contribution in [-0.4, -0.2) is 61.0 Å². The van der Waals surface area contributed by atoms with Gasteiger partial charge < -0.3 is 23.7 Å². The van der Waals surface area contributed by atoms with Crippen LogP contribution in [0, 0.1) is 6.92 Å². The molecule has 0 saturated carbocycles. The Morgan fingerprint density at radius 3 is 2.50 bits per heavy atom. The number of fused-ring (bicyclic) bond motifs is 1. The van der Waals surface area contributed by atoms with Crippen molar-refractivity contribution >= 4 is 30.1 Å². The predicted molar refractivity (Wildman–Crippen MR) is 117 cm³/mol. The minimum Gasteiger partial charge on any atom is -0.489 e. The molecule has 0 aliphatic carbocycles. The van der Waals surface area contributed by atoms with E-state index in [1.165, 1.54) is 0 Å². The van der Waals surface area contributed by atoms with E-state index in [9.17, 15) is 4.79 Å². The lowest BCUT2D eigenvalue weighted by Crippen LogP contribution is -2.44. The first-order valence-electron chi connectivity index (χ1n) is 10.8. The summed E-state index contributed by atoms with van der Waals surface area (Å²) in [6, 6.07) is 1.76. The molecule has 3 heterocycles. The number of amides is 1. The molecule has 2 fully saturated rings. The average molecular weight is 436 g/mol. The fourth-order valence-corrected chi connectivity index (χ4v) is 4.44. The summed E-state index contributed by atoms with van der Waals surface area (Å²) in [5.74, 6) is 0.353. The third kappa shape index (κ3) is 3.64. The molecule has 1 unspecified atom stereocenters. The quantitative estimate of drug-likeness (QED) is 0.682. The lowest BCUT2D eigenvalue weighted by atomic mass is 9.75. The first kappa shape index (κ1) is 21.9. The summed E-state index contributed by atoms with van der Waals surface area (Å²) >= 11 is 6.71. The number of benzene rings is 1. The van der Waals surface area contributed by atoms with E-state index in [1.54, 1.807) is 0 Å². The summed E-state index contributed by atoms with van der Waals surface area (Å²) in [7, 11) is -0.599. The van der Waals surface area contributed by atoms with Crippen molar-refractivity contribution in [2.24, 2.45) is 0 Å². The van der Waals surface area contributed by atoms with Gasteiger partial charge in [0.1, 0.15) is 6.61 Å². The number of rotatable bonds is 3. The highest BCUT2D eigenvalue weighted by atomic mass is 35.5. The largest absolute Gasteiger partial charge is 0.495 e. The van der Waals surface area contributed by atoms with Crippen LogP contribution in [-0.2, 0) is 14.0 Å². The van der Waals surface area contributed by atoms with Gasteiger partial charge in [0.05, 0.1) is 33.9 Å². The first-order chi connectivity index (χ1) is 14.0. The SMILES string of the molecule is Cc1c(B2OC(C)(C)C(C)(C)O2)cc2c(c1Cl)OC[C@@H](C)N(CC1CCCO1)C2=O. The van der Waals surface area contributed by atoms with E-state index in [0.717, 1.165) is 30.5 Å². The zero-order valence-electron chi connectivity index (χ0n) is 18.7. The highest BCUT2D eigenvalue weighted by molar-refractivity contribution is 6.63. The number of nitrogens with zero attached hydrogens (tertiary/aromatic N) is 1. The van der Waals surface area contributed by atoms with E-state index in [1.807, 2.05) is 52.5 Å². The standard InChI is InChI=1S/C22H31BClNO5/c1-13-12-28-19-16(20(26)25(13)11-15-8-7-9-27-15)10-17(14(2)18(19)24)23-29-21(3,4)22(5,6)30-23/h10,13,15H,7-9,11-12H2,1-6H3/t13-,15?/m1/s1. The van der Waals surface area contributed by atoms with Crippen molar-refractivity contribution in [2.75, 3.05) is 19.8 Å². The zero-order chi connectivity index (χ0) is 21.8. The van der Waals surface area contributed by atoms with Gasteiger partial charge in [0, 0.05) is 13.2 Å². The highest BCUT2D eigenvalue weighted by Crippen LogP contribution is 2.39. The van der Waals surface area contributed by atoms with Gasteiger partial charge in [-0.05, 0) is 71.5 Å². The second kappa shape index (κ2) is 7.70. The molecule has 8 heteroatoms. The molecule has 2 atom stereocenters. The van der Waals surface area contributed by atoms with Gasteiger partial charge in [-0.1, -0.05) is 11.6 Å². The lowest BCUT2D eigenvalue weighted by molar-refractivity contribution is 0.00578. The third-order valence-corrected chi connectivity index (χ3v) is 7.38. The maximum Gasteiger partial charge on any atom is 0.495 e. The Bertz CT molecular complexity index is 836. The fraction of sp³-hybridized carbons (Fsp3) is 0.682. The van der Waals surface area contributed by atoms with E-state index in [0.29, 0.717) is 29.5 Å². The van der Waals surface area contributed by atoms with E-state index < -0.39 is 18.3 Å². The first-order valence-corrected chi connectivity index (χ1v) is 11.1. The van der Waals surface area contributed by atoms with Crippen molar-refractivity contribution < 1.29 is 23.6 Å². The Morgan fingerprint density at radius 2 is 1.90 bits per heavy atom. The van der Waals surface area contributed by atoms with Crippen LogP contribution in [0.15, 0.2) is 6.07 Å². The van der Waals surface area contributed by atoms with Gasteiger partial charge in [0.25, 0.3) is 5.91 Å². The number of hydrogen-bond donors (Lipinski definition) is 0. The molecule has 4 rings (SSSR count). The molecule has 1 aromatic carbocycles. The maximum atomic E-state index is 13.6. The predicted octanol–water partition coefficient (Wildman–Crippen LogP) is 3.35. The second-order valence-electron chi connectivity index (χ2n) is 9.62. The smallest absolute Gasteiger partial charge is 0.489 e. The maximum absolute atomic E-state index is 13.6. The van der Waals surface area contributed by atoms with Crippen LogP contribution in [0.5, 0.6) is 5.75 Å². The molecule has 0 bridgehead atoms. The summed E-state index contributed by atoms with van der Waals surface area (Å²) in [6.45, 7) is 13.6. The van der Waals surface area contributed by atoms with Crippen LogP contribution in [0.2, 0.25) is 5.02 Å². The average Bonchev–Trinajstić information content (AvgIpc) is 3.22. The molecule has 2 saturated heterocycles. The van der Waals surface area contributed by atoms with E-state index in [4.69, 9.17) is 30.4 Å². The molecule has 0 radical (unpaired) electrons. The Hall–Kier alpha value is -1.28. The summed E-state index contributed by atoms with van der Waals surface area (Å²) in [4.78, 5) is 15.4. The van der Waals surface area contributed by atoms with Crippen LogP contribution in [0.3, 0.4) is 0 Å². The number of carbonyl (C=O) groups excluding carboxylic acids is 1. The molecule has 0 spiro atoms. The molecule has 0 aromatic heterocycles. The Balaban J connectivity index is 1.71. The topological polar surface area (TPSA) is 57.2 Å². The van der Waals surface area contributed by atoms with Crippen LogP contribution >= 0.6 is 11.6 Å². The minimum absolute atomic E-state index is 0.0708.